The van der Waals surface area contributed by atoms with Crippen LogP contribution < -0.4 is 4.74 Å². The normalized spacial score (nSPS) is 10.3. The Hall–Kier alpha value is -1.30. The third kappa shape index (κ3) is 3.59. The summed E-state index contributed by atoms with van der Waals surface area (Å²) in [5, 5.41) is 9.32. The molecule has 0 fully saturated rings. The number of ether oxygens (including phenoxy) is 1. The minimum absolute atomic E-state index is 0.0109. The Morgan fingerprint density at radius 3 is 2.63 bits per heavy atom. The second kappa shape index (κ2) is 5.77. The molecule has 1 aromatic heterocycles. The van der Waals surface area contributed by atoms with Crippen LogP contribution in [0, 0.1) is 0 Å². The van der Waals surface area contributed by atoms with E-state index in [0.717, 1.165) is 4.47 Å². The molecule has 0 aliphatic carbocycles. The van der Waals surface area contributed by atoms with E-state index in [4.69, 9.17) is 33.0 Å². The van der Waals surface area contributed by atoms with Gasteiger partial charge in [-0.3, -0.25) is 0 Å². The minimum Gasteiger partial charge on any atom is -0.478 e. The molecule has 0 radical (unpaired) electrons. The Labute approximate surface area is 127 Å². The third-order valence-corrected chi connectivity index (χ3v) is 3.11. The molecule has 0 saturated carbocycles. The van der Waals surface area contributed by atoms with E-state index in [1.54, 1.807) is 18.2 Å². The number of hydrogen-bond donors (Lipinski definition) is 1. The average Bonchev–Trinajstić information content (AvgIpc) is 2.32. The van der Waals surface area contributed by atoms with Gasteiger partial charge in [0.05, 0.1) is 10.6 Å². The van der Waals surface area contributed by atoms with Crippen molar-refractivity contribution in [3.05, 3.63) is 50.5 Å². The van der Waals surface area contributed by atoms with Crippen LogP contribution in [0.5, 0.6) is 11.6 Å². The first-order valence-corrected chi connectivity index (χ1v) is 6.54. The molecule has 7 heteroatoms. The number of aromatic nitrogens is 1. The number of benzene rings is 1. The van der Waals surface area contributed by atoms with Gasteiger partial charge in [-0.25, -0.2) is 9.78 Å². The standard InChI is InChI=1S/C12H6BrCl2NO3/c13-7-1-2-9(8(14)5-7)19-11-4-6(12(17)18)3-10(15)16-11/h1-5H,(H,17,18). The highest BCUT2D eigenvalue weighted by Crippen LogP contribution is 2.31. The number of nitrogens with zero attached hydrogens (tertiary/aromatic N) is 1. The Bertz CT molecular complexity index is 649. The summed E-state index contributed by atoms with van der Waals surface area (Å²) in [6.45, 7) is 0. The number of carboxylic acids is 1. The van der Waals surface area contributed by atoms with Crippen molar-refractivity contribution in [1.82, 2.24) is 4.98 Å². The molecule has 2 aromatic rings. The van der Waals surface area contributed by atoms with Crippen molar-refractivity contribution < 1.29 is 14.6 Å². The molecule has 0 spiro atoms. The first-order chi connectivity index (χ1) is 8.95. The van der Waals surface area contributed by atoms with Crippen LogP contribution >= 0.6 is 39.1 Å². The quantitative estimate of drug-likeness (QED) is 0.808. The van der Waals surface area contributed by atoms with Crippen molar-refractivity contribution in [3.63, 3.8) is 0 Å². The molecule has 0 atom stereocenters. The molecule has 1 aromatic carbocycles. The number of carboxylic acid groups (broad SMARTS) is 1. The van der Waals surface area contributed by atoms with Gasteiger partial charge in [-0.15, -0.1) is 0 Å². The Morgan fingerprint density at radius 2 is 2.00 bits per heavy atom. The van der Waals surface area contributed by atoms with Crippen molar-refractivity contribution in [2.24, 2.45) is 0 Å². The van der Waals surface area contributed by atoms with E-state index in [1.807, 2.05) is 0 Å². The number of rotatable bonds is 3. The zero-order valence-corrected chi connectivity index (χ0v) is 12.3. The molecule has 19 heavy (non-hydrogen) atoms. The highest BCUT2D eigenvalue weighted by atomic mass is 79.9. The van der Waals surface area contributed by atoms with Crippen LogP contribution in [0.1, 0.15) is 10.4 Å². The van der Waals surface area contributed by atoms with Crippen molar-refractivity contribution in [2.75, 3.05) is 0 Å². The van der Waals surface area contributed by atoms with Gasteiger partial charge in [-0.05, 0) is 24.3 Å². The van der Waals surface area contributed by atoms with E-state index < -0.39 is 5.97 Å². The van der Waals surface area contributed by atoms with Crippen molar-refractivity contribution >= 4 is 45.1 Å². The minimum atomic E-state index is -1.11. The van der Waals surface area contributed by atoms with E-state index in [9.17, 15) is 4.79 Å². The maximum Gasteiger partial charge on any atom is 0.335 e. The molecular formula is C12H6BrCl2NO3. The topological polar surface area (TPSA) is 59.4 Å². The fourth-order valence-corrected chi connectivity index (χ4v) is 2.23. The lowest BCUT2D eigenvalue weighted by Crippen LogP contribution is -1.98. The van der Waals surface area contributed by atoms with Gasteiger partial charge in [0, 0.05) is 10.5 Å². The molecule has 4 nitrogen and oxygen atoms in total. The molecule has 98 valence electrons. The number of pyridine rings is 1. The SMILES string of the molecule is O=C(O)c1cc(Cl)nc(Oc2ccc(Br)cc2Cl)c1. The zero-order valence-electron chi connectivity index (χ0n) is 9.23. The van der Waals surface area contributed by atoms with Crippen LogP contribution in [-0.2, 0) is 0 Å². The van der Waals surface area contributed by atoms with Gasteiger partial charge in [0.2, 0.25) is 5.88 Å². The maximum atomic E-state index is 10.9. The van der Waals surface area contributed by atoms with Crippen molar-refractivity contribution in [2.45, 2.75) is 0 Å². The van der Waals surface area contributed by atoms with Crippen LogP contribution in [0.3, 0.4) is 0 Å². The van der Waals surface area contributed by atoms with Crippen LogP contribution in [0.4, 0.5) is 0 Å². The molecule has 1 N–H and O–H groups in total. The van der Waals surface area contributed by atoms with E-state index >= 15 is 0 Å². The second-order valence-electron chi connectivity index (χ2n) is 3.50. The van der Waals surface area contributed by atoms with Gasteiger partial charge in [0.25, 0.3) is 0 Å². The summed E-state index contributed by atoms with van der Waals surface area (Å²) in [6, 6.07) is 7.53. The van der Waals surface area contributed by atoms with Crippen molar-refractivity contribution in [3.8, 4) is 11.6 Å². The van der Waals surface area contributed by atoms with Gasteiger partial charge >= 0.3 is 5.97 Å². The summed E-state index contributed by atoms with van der Waals surface area (Å²) in [4.78, 5) is 14.8. The van der Waals surface area contributed by atoms with Gasteiger partial charge < -0.3 is 9.84 Å². The van der Waals surface area contributed by atoms with Crippen LogP contribution in [0.25, 0.3) is 0 Å². The molecule has 0 aliphatic rings. The summed E-state index contributed by atoms with van der Waals surface area (Å²) < 4.78 is 6.23. The monoisotopic (exact) mass is 361 g/mol. The Morgan fingerprint density at radius 1 is 1.26 bits per heavy atom. The molecule has 1 heterocycles. The molecule has 0 unspecified atom stereocenters. The second-order valence-corrected chi connectivity index (χ2v) is 5.21. The van der Waals surface area contributed by atoms with E-state index in [2.05, 4.69) is 20.9 Å². The molecule has 0 aliphatic heterocycles. The van der Waals surface area contributed by atoms with Crippen LogP contribution in [0.2, 0.25) is 10.2 Å². The zero-order chi connectivity index (χ0) is 14.0. The smallest absolute Gasteiger partial charge is 0.335 e. The lowest BCUT2D eigenvalue weighted by atomic mass is 10.3. The summed E-state index contributed by atoms with van der Waals surface area (Å²) >= 11 is 15.0. The summed E-state index contributed by atoms with van der Waals surface area (Å²) in [6.07, 6.45) is 0. The van der Waals surface area contributed by atoms with Gasteiger partial charge in [0.15, 0.2) is 0 Å². The molecule has 2 rings (SSSR count). The largest absolute Gasteiger partial charge is 0.478 e. The molecule has 0 bridgehead atoms. The van der Waals surface area contributed by atoms with Gasteiger partial charge in [0.1, 0.15) is 10.9 Å². The van der Waals surface area contributed by atoms with Gasteiger partial charge in [-0.1, -0.05) is 39.1 Å². The molecule has 0 saturated heterocycles. The number of aromatic carboxylic acids is 1. The number of carbonyl (C=O) groups is 1. The summed E-state index contributed by atoms with van der Waals surface area (Å²) in [7, 11) is 0. The van der Waals surface area contributed by atoms with Crippen LogP contribution in [0.15, 0.2) is 34.8 Å². The summed E-state index contributed by atoms with van der Waals surface area (Å²) in [5.41, 5.74) is -0.0109. The fourth-order valence-electron chi connectivity index (χ4n) is 1.32. The highest BCUT2D eigenvalue weighted by molar-refractivity contribution is 9.10. The predicted octanol–water partition coefficient (Wildman–Crippen LogP) is 4.64. The van der Waals surface area contributed by atoms with Crippen molar-refractivity contribution in [1.29, 1.82) is 0 Å². The van der Waals surface area contributed by atoms with E-state index in [-0.39, 0.29) is 16.6 Å². The number of hydrogen-bond acceptors (Lipinski definition) is 3. The average molecular weight is 363 g/mol. The fraction of sp³-hybridized carbons (Fsp3) is 0. The first kappa shape index (κ1) is 14.1. The maximum absolute atomic E-state index is 10.9. The summed E-state index contributed by atoms with van der Waals surface area (Å²) in [5.74, 6) is -0.693. The number of halogens is 3. The Balaban J connectivity index is 2.35. The predicted molar refractivity (Wildman–Crippen MR) is 75.4 cm³/mol. The third-order valence-electron chi connectivity index (χ3n) is 2.13. The Kier molecular flexibility index (Phi) is 4.29. The lowest BCUT2D eigenvalue weighted by molar-refractivity contribution is 0.0696. The molecule has 0 amide bonds. The first-order valence-electron chi connectivity index (χ1n) is 4.99. The highest BCUT2D eigenvalue weighted by Gasteiger charge is 2.10. The van der Waals surface area contributed by atoms with Crippen LogP contribution in [-0.4, -0.2) is 16.1 Å². The molecular weight excluding hydrogens is 357 g/mol. The van der Waals surface area contributed by atoms with Gasteiger partial charge in [-0.2, -0.15) is 0 Å². The van der Waals surface area contributed by atoms with E-state index in [1.165, 1.54) is 12.1 Å². The van der Waals surface area contributed by atoms with E-state index in [0.29, 0.717) is 10.8 Å². The lowest BCUT2D eigenvalue weighted by Gasteiger charge is -2.08.